The fraction of sp³-hybridized carbons (Fsp3) is 0.900. The Bertz CT molecular complexity index is 252. The van der Waals surface area contributed by atoms with E-state index in [0.29, 0.717) is 13.0 Å². The van der Waals surface area contributed by atoms with Gasteiger partial charge in [-0.2, -0.15) is 0 Å². The molecule has 1 aliphatic rings. The highest BCUT2D eigenvalue weighted by Crippen LogP contribution is 2.34. The quantitative estimate of drug-likeness (QED) is 0.558. The Labute approximate surface area is 97.8 Å². The van der Waals surface area contributed by atoms with Gasteiger partial charge in [-0.05, 0) is 12.8 Å². The van der Waals surface area contributed by atoms with Crippen molar-refractivity contribution in [1.82, 2.24) is 0 Å². The maximum atomic E-state index is 11.5. The third kappa shape index (κ3) is 2.07. The first-order valence-corrected chi connectivity index (χ1v) is 7.23. The predicted molar refractivity (Wildman–Crippen MR) is 61.6 cm³/mol. The number of aliphatic hydroxyl groups is 2. The molecule has 0 saturated carbocycles. The van der Waals surface area contributed by atoms with Crippen LogP contribution in [0.25, 0.3) is 0 Å². The van der Waals surface area contributed by atoms with Crippen molar-refractivity contribution in [3.63, 3.8) is 0 Å². The molecule has 3 unspecified atom stereocenters. The molecule has 0 bridgehead atoms. The molecule has 0 aromatic heterocycles. The molecule has 0 aromatic carbocycles. The van der Waals surface area contributed by atoms with Crippen LogP contribution in [0.3, 0.4) is 0 Å². The molecule has 1 heterocycles. The van der Waals surface area contributed by atoms with E-state index < -0.39 is 40.4 Å². The van der Waals surface area contributed by atoms with Gasteiger partial charge in [0.05, 0.1) is 19.1 Å². The van der Waals surface area contributed by atoms with Crippen molar-refractivity contribution < 1.29 is 24.9 Å². The lowest BCUT2D eigenvalue weighted by molar-refractivity contribution is -0.149. The minimum Gasteiger partial charge on any atom is -0.477 e. The van der Waals surface area contributed by atoms with Gasteiger partial charge in [0.15, 0.2) is 0 Å². The van der Waals surface area contributed by atoms with Crippen LogP contribution >= 0.6 is 0 Å². The highest BCUT2D eigenvalue weighted by molar-refractivity contribution is 7.97. The lowest BCUT2D eigenvalue weighted by Gasteiger charge is -2.33. The molecule has 3 atom stereocenters. The van der Waals surface area contributed by atoms with E-state index in [9.17, 15) is 15.0 Å². The lowest BCUT2D eigenvalue weighted by Crippen LogP contribution is -2.63. The lowest BCUT2D eigenvalue weighted by atomic mass is 9.93. The van der Waals surface area contributed by atoms with Crippen LogP contribution in [-0.2, 0) is 20.4 Å². The van der Waals surface area contributed by atoms with Crippen molar-refractivity contribution >= 4 is 16.9 Å². The van der Waals surface area contributed by atoms with Crippen molar-refractivity contribution in [2.75, 3.05) is 25.7 Å². The number of hydrogen-bond acceptors (Lipinski definition) is 4. The van der Waals surface area contributed by atoms with Crippen molar-refractivity contribution in [2.24, 2.45) is 0 Å². The van der Waals surface area contributed by atoms with E-state index in [1.807, 2.05) is 0 Å². The number of carbonyl (C=O) groups is 1. The number of ether oxygens (including phenoxy) is 1. The molecule has 0 amide bonds. The zero-order valence-corrected chi connectivity index (χ0v) is 10.4. The van der Waals surface area contributed by atoms with Crippen LogP contribution in [0.5, 0.6) is 0 Å². The Morgan fingerprint density at radius 1 is 1.62 bits per heavy atom. The van der Waals surface area contributed by atoms with Crippen LogP contribution < -0.4 is 0 Å². The Morgan fingerprint density at radius 2 is 2.25 bits per heavy atom. The van der Waals surface area contributed by atoms with E-state index >= 15 is 0 Å². The summed E-state index contributed by atoms with van der Waals surface area (Å²) in [5.74, 6) is -1.09. The molecular weight excluding hydrogens is 232 g/mol. The van der Waals surface area contributed by atoms with Crippen LogP contribution in [0.1, 0.15) is 12.8 Å². The number of hydrogen-bond donors (Lipinski definition) is 3. The zero-order valence-electron chi connectivity index (χ0n) is 9.55. The first kappa shape index (κ1) is 13.8. The highest BCUT2D eigenvalue weighted by atomic mass is 32.2. The number of aliphatic carboxylic acids is 1. The van der Waals surface area contributed by atoms with E-state index in [1.54, 1.807) is 12.5 Å². The van der Waals surface area contributed by atoms with Crippen molar-refractivity contribution in [3.8, 4) is 0 Å². The van der Waals surface area contributed by atoms with Crippen LogP contribution in [0, 0.1) is 0 Å². The van der Waals surface area contributed by atoms with Crippen LogP contribution in [0.4, 0.5) is 0 Å². The second-order valence-electron chi connectivity index (χ2n) is 4.11. The topological polar surface area (TPSA) is 87.0 Å². The number of aliphatic hydroxyl groups excluding tert-OH is 2. The average Bonchev–Trinajstić information content (AvgIpc) is 2.71. The molecule has 1 fully saturated rings. The summed E-state index contributed by atoms with van der Waals surface area (Å²) in [6, 6.07) is 0. The van der Waals surface area contributed by atoms with E-state index in [2.05, 4.69) is 0 Å². The van der Waals surface area contributed by atoms with E-state index in [0.717, 1.165) is 6.42 Å². The van der Waals surface area contributed by atoms with Gasteiger partial charge >= 0.3 is 5.97 Å². The smallest absolute Gasteiger partial charge is 0.365 e. The Hall–Kier alpha value is -0.300. The Balaban J connectivity index is 3.09. The molecule has 1 rings (SSSR count). The average molecular weight is 251 g/mol. The maximum absolute atomic E-state index is 11.5. The molecule has 0 radical (unpaired) electrons. The second-order valence-corrected chi connectivity index (χ2v) is 6.42. The van der Waals surface area contributed by atoms with Gasteiger partial charge in [-0.3, -0.25) is 0 Å². The normalized spacial score (nSPS) is 26.7. The molecule has 1 saturated heterocycles. The minimum absolute atomic E-state index is 0.509. The fourth-order valence-corrected chi connectivity index (χ4v) is 3.94. The summed E-state index contributed by atoms with van der Waals surface area (Å²) in [6.07, 6.45) is 3.14. The molecule has 0 aromatic rings. The molecule has 1 aliphatic heterocycles. The first-order valence-electron chi connectivity index (χ1n) is 5.19. The second kappa shape index (κ2) is 5.35. The molecular formula is C10H19O5S+. The van der Waals surface area contributed by atoms with Gasteiger partial charge in [0.25, 0.3) is 4.75 Å². The van der Waals surface area contributed by atoms with Crippen LogP contribution in [0.15, 0.2) is 0 Å². The number of carboxylic acids is 1. The van der Waals surface area contributed by atoms with Gasteiger partial charge in [-0.15, -0.1) is 0 Å². The standard InChI is InChI=1S/C10H18O5S/c1-16(2)10(9(13)14,7(12)6-11)8-4-3-5-15-8/h7-8,11-12H,3-6H2,1-2H3/p+1. The third-order valence-corrected chi connectivity index (χ3v) is 5.15. The SMILES string of the molecule is C[S+](C)C(C(=O)O)(C(O)CO)C1CCCO1. The zero-order chi connectivity index (χ0) is 12.3. The molecule has 16 heavy (non-hydrogen) atoms. The third-order valence-electron chi connectivity index (χ3n) is 3.09. The summed E-state index contributed by atoms with van der Waals surface area (Å²) in [5.41, 5.74) is 0. The molecule has 94 valence electrons. The molecule has 3 N–H and O–H groups in total. The van der Waals surface area contributed by atoms with Gasteiger partial charge in [0, 0.05) is 17.5 Å². The van der Waals surface area contributed by atoms with Gasteiger partial charge in [-0.1, -0.05) is 0 Å². The summed E-state index contributed by atoms with van der Waals surface area (Å²) < 4.78 is 4.04. The van der Waals surface area contributed by atoms with Gasteiger partial charge < -0.3 is 20.1 Å². The number of rotatable bonds is 5. The fourth-order valence-electron chi connectivity index (χ4n) is 2.26. The van der Waals surface area contributed by atoms with Gasteiger partial charge in [0.2, 0.25) is 0 Å². The maximum Gasteiger partial charge on any atom is 0.365 e. The summed E-state index contributed by atoms with van der Waals surface area (Å²) >= 11 is 0. The monoisotopic (exact) mass is 251 g/mol. The molecule has 6 heteroatoms. The van der Waals surface area contributed by atoms with E-state index in [1.165, 1.54) is 0 Å². The summed E-state index contributed by atoms with van der Waals surface area (Å²) in [5, 5.41) is 28.3. The predicted octanol–water partition coefficient (Wildman–Crippen LogP) is -0.780. The molecule has 0 aliphatic carbocycles. The Kier molecular flexibility index (Phi) is 4.61. The minimum atomic E-state index is -1.38. The van der Waals surface area contributed by atoms with E-state index in [-0.39, 0.29) is 0 Å². The molecule has 5 nitrogen and oxygen atoms in total. The van der Waals surface area contributed by atoms with Crippen LogP contribution in [0.2, 0.25) is 0 Å². The summed E-state index contributed by atoms with van der Waals surface area (Å²) in [7, 11) is -0.596. The first-order chi connectivity index (χ1) is 7.47. The highest BCUT2D eigenvalue weighted by Gasteiger charge is 2.63. The summed E-state index contributed by atoms with van der Waals surface area (Å²) in [4.78, 5) is 11.5. The largest absolute Gasteiger partial charge is 0.477 e. The van der Waals surface area contributed by atoms with Gasteiger partial charge in [-0.25, -0.2) is 4.79 Å². The van der Waals surface area contributed by atoms with Crippen molar-refractivity contribution in [2.45, 2.75) is 29.8 Å². The molecule has 0 spiro atoms. The van der Waals surface area contributed by atoms with E-state index in [4.69, 9.17) is 9.84 Å². The van der Waals surface area contributed by atoms with Gasteiger partial charge in [0.1, 0.15) is 12.2 Å². The number of carboxylic acid groups (broad SMARTS) is 1. The van der Waals surface area contributed by atoms with Crippen molar-refractivity contribution in [1.29, 1.82) is 0 Å². The Morgan fingerprint density at radius 3 is 2.56 bits per heavy atom. The van der Waals surface area contributed by atoms with Crippen molar-refractivity contribution in [3.05, 3.63) is 0 Å². The van der Waals surface area contributed by atoms with Crippen LogP contribution in [-0.4, -0.2) is 64.0 Å². The summed E-state index contributed by atoms with van der Waals surface area (Å²) in [6.45, 7) is -0.0353.